The molecule has 2 nitrogen and oxygen atoms in total. The fraction of sp³-hybridized carbons (Fsp3) is 0.0820. The Balaban J connectivity index is 1.12. The predicted octanol–water partition coefficient (Wildman–Crippen LogP) is 15.2. The molecule has 1 heterocycles. The summed E-state index contributed by atoms with van der Waals surface area (Å²) in [5, 5.41) is 2.53. The highest BCUT2D eigenvalue weighted by Crippen LogP contribution is 2.59. The van der Waals surface area contributed by atoms with Gasteiger partial charge < -0.3 is 9.32 Å². The van der Waals surface area contributed by atoms with Crippen LogP contribution in [0.15, 0.2) is 235 Å². The van der Waals surface area contributed by atoms with E-state index in [1.165, 1.54) is 71.9 Å². The number of furan rings is 1. The van der Waals surface area contributed by atoms with E-state index in [-0.39, 0.29) is 0 Å². The zero-order chi connectivity index (χ0) is 43.0. The summed E-state index contributed by atoms with van der Waals surface area (Å²) in [4.78, 5) is 2.45. The average Bonchev–Trinajstić information content (AvgIpc) is 4.02. The van der Waals surface area contributed by atoms with Crippen molar-refractivity contribution >= 4 is 41.3 Å². The van der Waals surface area contributed by atoms with Crippen molar-refractivity contribution in [2.24, 2.45) is 0 Å². The first-order chi connectivity index (χ1) is 31.4. The summed E-state index contributed by atoms with van der Waals surface area (Å²) in [7, 11) is -1.55. The molecule has 12 rings (SSSR count). The molecule has 1 atom stereocenters. The fourth-order valence-corrected chi connectivity index (χ4v) is 12.4. The summed E-state index contributed by atoms with van der Waals surface area (Å²) in [5.74, 6) is 0. The third kappa shape index (κ3) is 5.57. The molecule has 0 radical (unpaired) electrons. The second kappa shape index (κ2) is 14.6. The van der Waals surface area contributed by atoms with E-state index < -0.39 is 18.9 Å². The van der Waals surface area contributed by atoms with E-state index in [4.69, 9.17) is 4.42 Å². The first-order valence-corrected chi connectivity index (χ1v) is 25.9. The van der Waals surface area contributed by atoms with E-state index in [0.29, 0.717) is 0 Å². The normalized spacial score (nSPS) is 15.6. The monoisotopic (exact) mass is 837 g/mol. The van der Waals surface area contributed by atoms with Crippen molar-refractivity contribution in [1.82, 2.24) is 0 Å². The molecule has 1 unspecified atom stereocenters. The van der Waals surface area contributed by atoms with Crippen LogP contribution in [0.25, 0.3) is 33.2 Å². The van der Waals surface area contributed by atoms with Crippen molar-refractivity contribution in [2.75, 3.05) is 4.90 Å². The van der Waals surface area contributed by atoms with Crippen molar-refractivity contribution in [1.29, 1.82) is 0 Å². The summed E-state index contributed by atoms with van der Waals surface area (Å²) in [6, 6.07) is 83.9. The number of hydrogen-bond donors (Lipinski definition) is 0. The van der Waals surface area contributed by atoms with Gasteiger partial charge in [0.1, 0.15) is 5.58 Å². The Morgan fingerprint density at radius 3 is 1.42 bits per heavy atom. The molecule has 0 saturated heterocycles. The first kappa shape index (κ1) is 38.2. The van der Waals surface area contributed by atoms with Crippen molar-refractivity contribution in [3.8, 4) is 22.3 Å². The lowest BCUT2D eigenvalue weighted by atomic mass is 9.67. The van der Waals surface area contributed by atoms with Gasteiger partial charge in [-0.3, -0.25) is 0 Å². The Morgan fingerprint density at radius 1 is 0.359 bits per heavy atom. The van der Waals surface area contributed by atoms with Crippen molar-refractivity contribution in [2.45, 2.75) is 30.5 Å². The van der Waals surface area contributed by atoms with Gasteiger partial charge in [-0.1, -0.05) is 201 Å². The van der Waals surface area contributed by atoms with Crippen LogP contribution in [0, 0.1) is 0 Å². The topological polar surface area (TPSA) is 16.4 Å². The zero-order valence-corrected chi connectivity index (χ0v) is 37.3. The second-order valence-electron chi connectivity index (χ2n) is 18.5. The smallest absolute Gasteiger partial charge is 0.133 e. The van der Waals surface area contributed by atoms with Crippen LogP contribution in [0.5, 0.6) is 0 Å². The molecule has 2 aliphatic rings. The number of benzene rings is 9. The summed E-state index contributed by atoms with van der Waals surface area (Å²) in [5.41, 5.74) is 18.4. The van der Waals surface area contributed by atoms with Gasteiger partial charge >= 0.3 is 0 Å². The summed E-state index contributed by atoms with van der Waals surface area (Å²) >= 11 is 0. The SMILES string of the molecule is C[Si](C)(C)c1ccc(C2(c3ccccc3)c3ccccc3-c3ccc(N(c4ccc5c(c4)-c4ccccc4C5(c4ccccc4)c4ccccc4)c4ccc5occc5c4)cc32)cc1. The van der Waals surface area contributed by atoms with Crippen LogP contribution >= 0.6 is 0 Å². The zero-order valence-electron chi connectivity index (χ0n) is 36.3. The number of fused-ring (bicyclic) bond motifs is 7. The molecule has 0 fully saturated rings. The van der Waals surface area contributed by atoms with E-state index in [2.05, 4.69) is 249 Å². The van der Waals surface area contributed by atoms with E-state index in [1.54, 1.807) is 6.26 Å². The third-order valence-electron chi connectivity index (χ3n) is 14.1. The minimum Gasteiger partial charge on any atom is -0.464 e. The number of rotatable bonds is 8. The standard InChI is InChI=1S/C61H47NOSi/c1-64(2,3)50-32-27-46(28-33-50)61(45-21-11-6-12-22-45)55-25-15-13-23-51(55)53-34-29-49(41-58(53)61)62(47-31-36-59-42(39-47)37-38-63-59)48-30-35-57-54(40-48)52-24-14-16-26-56(52)60(57,43-17-7-4-8-18-43)44-19-9-5-10-20-44/h4-41H,1-3H3. The number of hydrogen-bond acceptors (Lipinski definition) is 2. The highest BCUT2D eigenvalue weighted by atomic mass is 28.3. The molecule has 306 valence electrons. The molecule has 10 aromatic rings. The molecular formula is C61H47NOSi. The minimum absolute atomic E-state index is 0.479. The molecule has 0 N–H and O–H groups in total. The Bertz CT molecular complexity index is 3330. The Kier molecular flexibility index (Phi) is 8.69. The van der Waals surface area contributed by atoms with E-state index in [9.17, 15) is 0 Å². The lowest BCUT2D eigenvalue weighted by Gasteiger charge is -2.35. The highest BCUT2D eigenvalue weighted by molar-refractivity contribution is 6.88. The molecule has 9 aromatic carbocycles. The largest absolute Gasteiger partial charge is 0.464 e. The van der Waals surface area contributed by atoms with Gasteiger partial charge in [0.15, 0.2) is 0 Å². The Morgan fingerprint density at radius 2 is 0.812 bits per heavy atom. The third-order valence-corrected chi connectivity index (χ3v) is 16.1. The van der Waals surface area contributed by atoms with Crippen LogP contribution in [-0.4, -0.2) is 8.07 Å². The molecule has 0 spiro atoms. The quantitative estimate of drug-likeness (QED) is 0.142. The van der Waals surface area contributed by atoms with Crippen molar-refractivity contribution < 1.29 is 4.42 Å². The lowest BCUT2D eigenvalue weighted by molar-refractivity contribution is 0.616. The maximum absolute atomic E-state index is 5.91. The maximum Gasteiger partial charge on any atom is 0.133 e. The fourth-order valence-electron chi connectivity index (χ4n) is 11.2. The van der Waals surface area contributed by atoms with Crippen molar-refractivity contribution in [3.05, 3.63) is 275 Å². The van der Waals surface area contributed by atoms with E-state index in [1.807, 2.05) is 0 Å². The van der Waals surface area contributed by atoms with Crippen LogP contribution in [0.2, 0.25) is 19.6 Å². The summed E-state index contributed by atoms with van der Waals surface area (Å²) < 4.78 is 5.91. The van der Waals surface area contributed by atoms with Gasteiger partial charge in [0, 0.05) is 22.4 Å². The second-order valence-corrected chi connectivity index (χ2v) is 23.5. The number of nitrogens with zero attached hydrogens (tertiary/aromatic N) is 1. The highest BCUT2D eigenvalue weighted by Gasteiger charge is 2.48. The Hall–Kier alpha value is -7.46. The summed E-state index contributed by atoms with van der Waals surface area (Å²) in [6.07, 6.45) is 1.78. The molecular weight excluding hydrogens is 791 g/mol. The predicted molar refractivity (Wildman–Crippen MR) is 268 cm³/mol. The van der Waals surface area contributed by atoms with Gasteiger partial charge in [0.2, 0.25) is 0 Å². The van der Waals surface area contributed by atoms with E-state index in [0.717, 1.165) is 28.0 Å². The minimum atomic E-state index is -1.55. The molecule has 0 bridgehead atoms. The van der Waals surface area contributed by atoms with Crippen LogP contribution in [0.1, 0.15) is 44.5 Å². The molecule has 64 heavy (non-hydrogen) atoms. The lowest BCUT2D eigenvalue weighted by Crippen LogP contribution is -2.38. The van der Waals surface area contributed by atoms with Gasteiger partial charge in [0.25, 0.3) is 0 Å². The molecule has 0 aliphatic heterocycles. The van der Waals surface area contributed by atoms with E-state index >= 15 is 0 Å². The molecule has 0 amide bonds. The van der Waals surface area contributed by atoms with Gasteiger partial charge in [-0.05, 0) is 115 Å². The van der Waals surface area contributed by atoms with Crippen LogP contribution < -0.4 is 10.1 Å². The van der Waals surface area contributed by atoms with Crippen LogP contribution in [-0.2, 0) is 10.8 Å². The Labute approximate surface area is 376 Å². The number of anilines is 3. The molecule has 0 saturated carbocycles. The summed E-state index contributed by atoms with van der Waals surface area (Å²) in [6.45, 7) is 7.29. The molecule has 3 heteroatoms. The van der Waals surface area contributed by atoms with Crippen molar-refractivity contribution in [3.63, 3.8) is 0 Å². The van der Waals surface area contributed by atoms with Gasteiger partial charge in [-0.15, -0.1) is 0 Å². The maximum atomic E-state index is 5.91. The molecule has 2 aliphatic carbocycles. The van der Waals surface area contributed by atoms with Crippen LogP contribution in [0.3, 0.4) is 0 Å². The van der Waals surface area contributed by atoms with Gasteiger partial charge in [0.05, 0.1) is 25.2 Å². The van der Waals surface area contributed by atoms with Gasteiger partial charge in [-0.25, -0.2) is 0 Å². The van der Waals surface area contributed by atoms with Crippen LogP contribution in [0.4, 0.5) is 17.1 Å². The molecule has 1 aromatic heterocycles. The average molecular weight is 838 g/mol. The van der Waals surface area contributed by atoms with Gasteiger partial charge in [-0.2, -0.15) is 0 Å². The first-order valence-electron chi connectivity index (χ1n) is 22.4.